The number of nitrogens with one attached hydrogen (secondary N) is 1. The van der Waals surface area contributed by atoms with Gasteiger partial charge in [-0.05, 0) is 29.8 Å². The molecular formula is C22H19N3O2. The first-order valence-corrected chi connectivity index (χ1v) is 8.82. The molecule has 134 valence electrons. The summed E-state index contributed by atoms with van der Waals surface area (Å²) in [5.74, 6) is 0.105. The summed E-state index contributed by atoms with van der Waals surface area (Å²) in [4.78, 5) is 21.9. The van der Waals surface area contributed by atoms with Gasteiger partial charge in [-0.1, -0.05) is 42.5 Å². The molecule has 0 fully saturated rings. The molecule has 0 saturated heterocycles. The van der Waals surface area contributed by atoms with Crippen molar-refractivity contribution < 1.29 is 9.21 Å². The van der Waals surface area contributed by atoms with Crippen LogP contribution < -0.4 is 5.32 Å². The van der Waals surface area contributed by atoms with Crippen molar-refractivity contribution in [1.82, 2.24) is 9.97 Å². The number of benzene rings is 2. The van der Waals surface area contributed by atoms with E-state index in [4.69, 9.17) is 4.42 Å². The molecular weight excluding hydrogens is 338 g/mol. The number of oxazole rings is 1. The van der Waals surface area contributed by atoms with E-state index in [1.807, 2.05) is 66.7 Å². The highest BCUT2D eigenvalue weighted by Gasteiger charge is 2.23. The molecule has 2 aromatic heterocycles. The van der Waals surface area contributed by atoms with Crippen LogP contribution in [0.1, 0.15) is 23.1 Å². The summed E-state index contributed by atoms with van der Waals surface area (Å²) in [6.07, 6.45) is 2.26. The first-order chi connectivity index (χ1) is 13.2. The number of fused-ring (bicyclic) bond motifs is 1. The number of hydrogen-bond acceptors (Lipinski definition) is 4. The summed E-state index contributed by atoms with van der Waals surface area (Å²) in [5.41, 5.74) is 3.76. The van der Waals surface area contributed by atoms with Gasteiger partial charge in [-0.3, -0.25) is 9.78 Å². The second-order valence-corrected chi connectivity index (χ2v) is 6.36. The van der Waals surface area contributed by atoms with Gasteiger partial charge < -0.3 is 9.73 Å². The van der Waals surface area contributed by atoms with Crippen molar-refractivity contribution in [1.29, 1.82) is 0 Å². The van der Waals surface area contributed by atoms with Crippen molar-refractivity contribution in [2.75, 3.05) is 5.32 Å². The second-order valence-electron chi connectivity index (χ2n) is 6.36. The molecule has 2 aromatic carbocycles. The first-order valence-electron chi connectivity index (χ1n) is 8.82. The standard InChI is InChI=1S/C22H19N3O2/c1-15-24-19-11-7-12-20(21(19)27-15)25-22(26)18(16-8-3-2-4-9-16)14-17-10-5-6-13-23-17/h2-13,18H,14H2,1H3,(H,25,26). The molecule has 0 aliphatic rings. The number of carbonyl (C=O) groups excluding carboxylic acids is 1. The Morgan fingerprint density at radius 2 is 1.85 bits per heavy atom. The van der Waals surface area contributed by atoms with Crippen molar-refractivity contribution in [3.8, 4) is 0 Å². The van der Waals surface area contributed by atoms with Gasteiger partial charge in [-0.15, -0.1) is 0 Å². The average Bonchev–Trinajstić information content (AvgIpc) is 3.09. The number of hydrogen-bond donors (Lipinski definition) is 1. The number of para-hydroxylation sites is 1. The highest BCUT2D eigenvalue weighted by atomic mass is 16.3. The molecule has 0 bridgehead atoms. The van der Waals surface area contributed by atoms with E-state index in [-0.39, 0.29) is 11.8 Å². The zero-order valence-electron chi connectivity index (χ0n) is 14.9. The number of anilines is 1. The molecule has 5 heteroatoms. The zero-order valence-corrected chi connectivity index (χ0v) is 14.9. The summed E-state index contributed by atoms with van der Waals surface area (Å²) < 4.78 is 5.67. The molecule has 1 atom stereocenters. The molecule has 5 nitrogen and oxygen atoms in total. The Kier molecular flexibility index (Phi) is 4.66. The minimum absolute atomic E-state index is 0.103. The van der Waals surface area contributed by atoms with E-state index in [1.165, 1.54) is 0 Å². The Hall–Kier alpha value is -3.47. The van der Waals surface area contributed by atoms with E-state index >= 15 is 0 Å². The fourth-order valence-electron chi connectivity index (χ4n) is 3.15. The molecule has 4 rings (SSSR count). The van der Waals surface area contributed by atoms with Crippen LogP contribution in [0.15, 0.2) is 77.3 Å². The number of aryl methyl sites for hydroxylation is 1. The summed E-state index contributed by atoms with van der Waals surface area (Å²) in [6.45, 7) is 1.79. The van der Waals surface area contributed by atoms with Crippen LogP contribution in [-0.4, -0.2) is 15.9 Å². The molecule has 1 N–H and O–H groups in total. The average molecular weight is 357 g/mol. The van der Waals surface area contributed by atoms with Crippen LogP contribution in [-0.2, 0) is 11.2 Å². The predicted octanol–water partition coefficient (Wildman–Crippen LogP) is 4.50. The van der Waals surface area contributed by atoms with Crippen LogP contribution in [0, 0.1) is 6.92 Å². The van der Waals surface area contributed by atoms with Gasteiger partial charge in [-0.2, -0.15) is 0 Å². The van der Waals surface area contributed by atoms with Crippen molar-refractivity contribution in [2.24, 2.45) is 0 Å². The SMILES string of the molecule is Cc1nc2cccc(NC(=O)C(Cc3ccccn3)c3ccccc3)c2o1. The van der Waals surface area contributed by atoms with Gasteiger partial charge in [-0.25, -0.2) is 4.98 Å². The normalized spacial score (nSPS) is 12.0. The maximum absolute atomic E-state index is 13.2. The largest absolute Gasteiger partial charge is 0.439 e. The number of rotatable bonds is 5. The van der Waals surface area contributed by atoms with E-state index in [0.717, 1.165) is 16.8 Å². The zero-order chi connectivity index (χ0) is 18.6. The van der Waals surface area contributed by atoms with Crippen molar-refractivity contribution in [3.63, 3.8) is 0 Å². The fourth-order valence-corrected chi connectivity index (χ4v) is 3.15. The molecule has 27 heavy (non-hydrogen) atoms. The molecule has 0 aliphatic carbocycles. The lowest BCUT2D eigenvalue weighted by Gasteiger charge is -2.17. The van der Waals surface area contributed by atoms with Gasteiger partial charge in [0.2, 0.25) is 5.91 Å². The third-order valence-corrected chi connectivity index (χ3v) is 4.44. The van der Waals surface area contributed by atoms with Crippen LogP contribution in [0.4, 0.5) is 5.69 Å². The Labute approximate surface area is 157 Å². The molecule has 1 amide bonds. The van der Waals surface area contributed by atoms with E-state index < -0.39 is 0 Å². The topological polar surface area (TPSA) is 68.0 Å². The Balaban J connectivity index is 1.66. The maximum atomic E-state index is 13.2. The minimum atomic E-state index is -0.361. The van der Waals surface area contributed by atoms with Crippen molar-refractivity contribution >= 4 is 22.7 Å². The van der Waals surface area contributed by atoms with Gasteiger partial charge in [0.25, 0.3) is 0 Å². The Morgan fingerprint density at radius 1 is 1.04 bits per heavy atom. The monoisotopic (exact) mass is 357 g/mol. The van der Waals surface area contributed by atoms with Crippen molar-refractivity contribution in [3.05, 3.63) is 90.1 Å². The van der Waals surface area contributed by atoms with E-state index in [2.05, 4.69) is 15.3 Å². The van der Waals surface area contributed by atoms with Crippen LogP contribution in [0.5, 0.6) is 0 Å². The number of aromatic nitrogens is 2. The van der Waals surface area contributed by atoms with Crippen LogP contribution in [0.2, 0.25) is 0 Å². The lowest BCUT2D eigenvalue weighted by Crippen LogP contribution is -2.23. The lowest BCUT2D eigenvalue weighted by molar-refractivity contribution is -0.117. The number of pyridine rings is 1. The Morgan fingerprint density at radius 3 is 2.63 bits per heavy atom. The molecule has 0 spiro atoms. The first kappa shape index (κ1) is 17.0. The summed E-state index contributed by atoms with van der Waals surface area (Å²) in [7, 11) is 0. The van der Waals surface area contributed by atoms with Gasteiger partial charge >= 0.3 is 0 Å². The summed E-state index contributed by atoms with van der Waals surface area (Å²) in [6, 6.07) is 21.0. The van der Waals surface area contributed by atoms with Gasteiger partial charge in [0.15, 0.2) is 11.5 Å². The van der Waals surface area contributed by atoms with Gasteiger partial charge in [0.1, 0.15) is 5.52 Å². The minimum Gasteiger partial charge on any atom is -0.439 e. The van der Waals surface area contributed by atoms with E-state index in [0.29, 0.717) is 23.6 Å². The third-order valence-electron chi connectivity index (χ3n) is 4.44. The van der Waals surface area contributed by atoms with E-state index in [9.17, 15) is 4.79 Å². The molecule has 0 aliphatic heterocycles. The molecule has 2 heterocycles. The molecule has 0 radical (unpaired) electrons. The fraction of sp³-hybridized carbons (Fsp3) is 0.136. The van der Waals surface area contributed by atoms with Crippen molar-refractivity contribution in [2.45, 2.75) is 19.3 Å². The number of carbonyl (C=O) groups is 1. The van der Waals surface area contributed by atoms with Crippen LogP contribution >= 0.6 is 0 Å². The second kappa shape index (κ2) is 7.41. The van der Waals surface area contributed by atoms with Crippen LogP contribution in [0.3, 0.4) is 0 Å². The molecule has 4 aromatic rings. The summed E-state index contributed by atoms with van der Waals surface area (Å²) >= 11 is 0. The van der Waals surface area contributed by atoms with E-state index in [1.54, 1.807) is 13.1 Å². The number of nitrogens with zero attached hydrogens (tertiary/aromatic N) is 2. The predicted molar refractivity (Wildman–Crippen MR) is 104 cm³/mol. The third kappa shape index (κ3) is 3.72. The summed E-state index contributed by atoms with van der Waals surface area (Å²) in [5, 5.41) is 3.02. The van der Waals surface area contributed by atoms with Crippen LogP contribution in [0.25, 0.3) is 11.1 Å². The smallest absolute Gasteiger partial charge is 0.232 e. The maximum Gasteiger partial charge on any atom is 0.232 e. The van der Waals surface area contributed by atoms with Gasteiger partial charge in [0, 0.05) is 25.2 Å². The molecule has 1 unspecified atom stereocenters. The molecule has 0 saturated carbocycles. The lowest BCUT2D eigenvalue weighted by atomic mass is 9.93. The van der Waals surface area contributed by atoms with Gasteiger partial charge in [0.05, 0.1) is 11.6 Å². The Bertz CT molecular complexity index is 1060. The number of amides is 1. The highest BCUT2D eigenvalue weighted by molar-refractivity contribution is 6.01. The quantitative estimate of drug-likeness (QED) is 0.571. The highest BCUT2D eigenvalue weighted by Crippen LogP contribution is 2.27.